The van der Waals surface area contributed by atoms with Crippen LogP contribution in [-0.2, 0) is 6.61 Å². The Hall–Kier alpha value is -2.50. The molecule has 0 saturated carbocycles. The van der Waals surface area contributed by atoms with Crippen LogP contribution in [0.4, 0.5) is 13.2 Å². The van der Waals surface area contributed by atoms with E-state index in [0.29, 0.717) is 5.56 Å². The maximum absolute atomic E-state index is 13.4. The summed E-state index contributed by atoms with van der Waals surface area (Å²) in [5.41, 5.74) is -0.306. The van der Waals surface area contributed by atoms with Gasteiger partial charge in [0.05, 0.1) is 0 Å². The van der Waals surface area contributed by atoms with Crippen molar-refractivity contribution in [2.24, 2.45) is 0 Å². The molecule has 0 aliphatic carbocycles. The van der Waals surface area contributed by atoms with Crippen LogP contribution in [-0.4, -0.2) is 11.1 Å². The van der Waals surface area contributed by atoms with Crippen molar-refractivity contribution in [1.29, 1.82) is 0 Å². The van der Waals surface area contributed by atoms with Crippen LogP contribution in [0, 0.1) is 17.5 Å². The zero-order valence-corrected chi connectivity index (χ0v) is 10.1. The van der Waals surface area contributed by atoms with Crippen molar-refractivity contribution >= 4 is 5.97 Å². The summed E-state index contributed by atoms with van der Waals surface area (Å²) in [6, 6.07) is 6.72. The van der Waals surface area contributed by atoms with E-state index in [9.17, 15) is 18.0 Å². The van der Waals surface area contributed by atoms with E-state index < -0.39 is 29.0 Å². The summed E-state index contributed by atoms with van der Waals surface area (Å²) in [6.45, 7) is -0.207. The number of halogens is 3. The minimum absolute atomic E-state index is 0.178. The van der Waals surface area contributed by atoms with Gasteiger partial charge in [-0.3, -0.25) is 0 Å². The third-order valence-corrected chi connectivity index (χ3v) is 2.57. The first-order valence-electron chi connectivity index (χ1n) is 5.57. The van der Waals surface area contributed by atoms with Crippen molar-refractivity contribution < 1.29 is 27.8 Å². The highest BCUT2D eigenvalue weighted by atomic mass is 19.2. The SMILES string of the molecule is O=C(O)c1c(F)cccc1OCc1ccc(F)c(F)c1. The van der Waals surface area contributed by atoms with E-state index in [4.69, 9.17) is 9.84 Å². The van der Waals surface area contributed by atoms with Gasteiger partial charge in [0, 0.05) is 0 Å². The summed E-state index contributed by atoms with van der Waals surface area (Å²) in [6.07, 6.45) is 0. The number of hydrogen-bond acceptors (Lipinski definition) is 2. The Bertz CT molecular complexity index is 656. The van der Waals surface area contributed by atoms with E-state index in [1.807, 2.05) is 0 Å². The normalized spacial score (nSPS) is 10.3. The largest absolute Gasteiger partial charge is 0.488 e. The molecule has 0 fully saturated rings. The van der Waals surface area contributed by atoms with E-state index in [1.165, 1.54) is 18.2 Å². The Labute approximate surface area is 112 Å². The number of carboxylic acids is 1. The lowest BCUT2D eigenvalue weighted by Crippen LogP contribution is -2.06. The Balaban J connectivity index is 2.21. The van der Waals surface area contributed by atoms with Crippen molar-refractivity contribution in [3.63, 3.8) is 0 Å². The zero-order chi connectivity index (χ0) is 14.7. The Morgan fingerprint density at radius 3 is 2.45 bits per heavy atom. The molecule has 0 heterocycles. The lowest BCUT2D eigenvalue weighted by molar-refractivity contribution is 0.0686. The molecule has 104 valence electrons. The van der Waals surface area contributed by atoms with Gasteiger partial charge in [-0.25, -0.2) is 18.0 Å². The molecule has 0 spiro atoms. The number of carbonyl (C=O) groups is 1. The third kappa shape index (κ3) is 2.90. The number of benzene rings is 2. The molecule has 1 N–H and O–H groups in total. The molecule has 0 atom stereocenters. The Morgan fingerprint density at radius 2 is 1.80 bits per heavy atom. The van der Waals surface area contributed by atoms with Gasteiger partial charge in [-0.2, -0.15) is 0 Å². The van der Waals surface area contributed by atoms with Crippen LogP contribution >= 0.6 is 0 Å². The van der Waals surface area contributed by atoms with Gasteiger partial charge in [0.25, 0.3) is 0 Å². The minimum Gasteiger partial charge on any atom is -0.488 e. The Morgan fingerprint density at radius 1 is 1.05 bits per heavy atom. The summed E-state index contributed by atoms with van der Waals surface area (Å²) in [7, 11) is 0. The zero-order valence-electron chi connectivity index (χ0n) is 10.1. The number of ether oxygens (including phenoxy) is 1. The monoisotopic (exact) mass is 282 g/mol. The average molecular weight is 282 g/mol. The van der Waals surface area contributed by atoms with Gasteiger partial charge >= 0.3 is 5.97 Å². The summed E-state index contributed by atoms with van der Waals surface area (Å²) < 4.78 is 44.3. The van der Waals surface area contributed by atoms with Crippen molar-refractivity contribution in [2.75, 3.05) is 0 Å². The maximum atomic E-state index is 13.4. The lowest BCUT2D eigenvalue weighted by Gasteiger charge is -2.09. The van der Waals surface area contributed by atoms with Crippen LogP contribution in [0.3, 0.4) is 0 Å². The van der Waals surface area contributed by atoms with Crippen LogP contribution in [0.5, 0.6) is 5.75 Å². The van der Waals surface area contributed by atoms with Gasteiger partial charge in [-0.1, -0.05) is 12.1 Å². The topological polar surface area (TPSA) is 46.5 Å². The highest BCUT2D eigenvalue weighted by Crippen LogP contribution is 2.22. The van der Waals surface area contributed by atoms with E-state index in [1.54, 1.807) is 0 Å². The quantitative estimate of drug-likeness (QED) is 0.935. The smallest absolute Gasteiger partial charge is 0.342 e. The molecule has 20 heavy (non-hydrogen) atoms. The number of carboxylic acid groups (broad SMARTS) is 1. The molecule has 0 aromatic heterocycles. The molecular weight excluding hydrogens is 273 g/mol. The fourth-order valence-corrected chi connectivity index (χ4v) is 1.62. The first kappa shape index (κ1) is 13.9. The summed E-state index contributed by atoms with van der Waals surface area (Å²) >= 11 is 0. The predicted octanol–water partition coefficient (Wildman–Crippen LogP) is 3.38. The van der Waals surface area contributed by atoms with Crippen LogP contribution in [0.1, 0.15) is 15.9 Å². The van der Waals surface area contributed by atoms with Crippen molar-refractivity contribution in [2.45, 2.75) is 6.61 Å². The van der Waals surface area contributed by atoms with Crippen LogP contribution in [0.15, 0.2) is 36.4 Å². The van der Waals surface area contributed by atoms with Gasteiger partial charge in [-0.15, -0.1) is 0 Å². The molecule has 0 bridgehead atoms. The summed E-state index contributed by atoms with van der Waals surface area (Å²) in [5.74, 6) is -4.61. The van der Waals surface area contributed by atoms with Gasteiger partial charge in [0.2, 0.25) is 0 Å². The van der Waals surface area contributed by atoms with Gasteiger partial charge in [-0.05, 0) is 29.8 Å². The molecule has 0 saturated heterocycles. The average Bonchev–Trinajstić information content (AvgIpc) is 2.39. The molecular formula is C14H9F3O3. The van der Waals surface area contributed by atoms with E-state index in [2.05, 4.69) is 0 Å². The van der Waals surface area contributed by atoms with Crippen molar-refractivity contribution in [3.05, 3.63) is 65.0 Å². The molecule has 2 rings (SSSR count). The van der Waals surface area contributed by atoms with Crippen LogP contribution < -0.4 is 4.74 Å². The van der Waals surface area contributed by atoms with E-state index >= 15 is 0 Å². The van der Waals surface area contributed by atoms with E-state index in [0.717, 1.165) is 18.2 Å². The molecule has 6 heteroatoms. The molecule has 3 nitrogen and oxygen atoms in total. The molecule has 0 amide bonds. The minimum atomic E-state index is -1.47. The van der Waals surface area contributed by atoms with Crippen molar-refractivity contribution in [1.82, 2.24) is 0 Å². The molecule has 0 aliphatic rings. The lowest BCUT2D eigenvalue weighted by atomic mass is 10.2. The first-order valence-corrected chi connectivity index (χ1v) is 5.57. The second-order valence-corrected chi connectivity index (χ2v) is 3.96. The van der Waals surface area contributed by atoms with E-state index in [-0.39, 0.29) is 12.4 Å². The Kier molecular flexibility index (Phi) is 3.93. The standard InChI is InChI=1S/C14H9F3O3/c15-9-5-4-8(6-11(9)17)7-20-12-3-1-2-10(16)13(12)14(18)19/h1-6H,7H2,(H,18,19). The second kappa shape index (κ2) is 5.64. The number of hydrogen-bond donors (Lipinski definition) is 1. The fourth-order valence-electron chi connectivity index (χ4n) is 1.62. The molecule has 0 aliphatic heterocycles. The highest BCUT2D eigenvalue weighted by Gasteiger charge is 2.17. The van der Waals surface area contributed by atoms with Gasteiger partial charge in [0.15, 0.2) is 11.6 Å². The summed E-state index contributed by atoms with van der Waals surface area (Å²) in [5, 5.41) is 8.89. The van der Waals surface area contributed by atoms with Crippen LogP contribution in [0.25, 0.3) is 0 Å². The maximum Gasteiger partial charge on any atom is 0.342 e. The fraction of sp³-hybridized carbons (Fsp3) is 0.0714. The van der Waals surface area contributed by atoms with Crippen molar-refractivity contribution in [3.8, 4) is 5.75 Å². The molecule has 0 unspecified atom stereocenters. The third-order valence-electron chi connectivity index (χ3n) is 2.57. The van der Waals surface area contributed by atoms with Crippen LogP contribution in [0.2, 0.25) is 0 Å². The first-order chi connectivity index (χ1) is 9.49. The molecule has 2 aromatic rings. The summed E-state index contributed by atoms with van der Waals surface area (Å²) in [4.78, 5) is 10.9. The molecule has 0 radical (unpaired) electrons. The predicted molar refractivity (Wildman–Crippen MR) is 64.0 cm³/mol. The molecule has 2 aromatic carbocycles. The number of rotatable bonds is 4. The highest BCUT2D eigenvalue weighted by molar-refractivity contribution is 5.91. The van der Waals surface area contributed by atoms with Gasteiger partial charge < -0.3 is 9.84 Å². The second-order valence-electron chi connectivity index (χ2n) is 3.96. The number of aromatic carboxylic acids is 1. The van der Waals surface area contributed by atoms with Gasteiger partial charge in [0.1, 0.15) is 23.7 Å².